The van der Waals surface area contributed by atoms with Crippen LogP contribution in [0.3, 0.4) is 0 Å². The monoisotopic (exact) mass is 1560 g/mol. The third-order valence-electron chi connectivity index (χ3n) is 25.6. The highest BCUT2D eigenvalue weighted by molar-refractivity contribution is 6.35. The highest BCUT2D eigenvalue weighted by Crippen LogP contribution is 2.54. The lowest BCUT2D eigenvalue weighted by Crippen LogP contribution is -2.22. The van der Waals surface area contributed by atoms with E-state index in [0.29, 0.717) is 0 Å². The van der Waals surface area contributed by atoms with Crippen LogP contribution in [0.5, 0.6) is 0 Å². The molecule has 1 aliphatic rings. The zero-order chi connectivity index (χ0) is 80.6. The van der Waals surface area contributed by atoms with E-state index in [-0.39, 0.29) is 0 Å². The van der Waals surface area contributed by atoms with Crippen molar-refractivity contribution in [3.63, 3.8) is 0 Å². The summed E-state index contributed by atoms with van der Waals surface area (Å²) in [7, 11) is 1.88. The molecule has 0 aromatic heterocycles. The van der Waals surface area contributed by atoms with Crippen LogP contribution in [0.4, 0.5) is 73.9 Å². The van der Waals surface area contributed by atoms with Gasteiger partial charge in [0.2, 0.25) is 0 Å². The maximum Gasteiger partial charge on any atom is 0.0795 e. The summed E-state index contributed by atoms with van der Waals surface area (Å²) >= 11 is 0. The standard InChI is InChI=1S/C114H76N8/c1-67-68-35-3-5-37-70(68)101(71-38-6-4-36-69(67)71)116-103-76-43-11-13-45-78(76)105(79-46-14-12-44-77(79)103)118-107-84-51-19-21-53-86(84)109(87-54-22-20-52-85(87)107)120-111-92-59-27-29-61-94(92)113(95-62-30-28-60-93(95)111)122-114-98-65-33-31-63-96(98)112(97-64-32-34-66-99(97)114)121-110-90-57-25-23-55-88(90)108(89-56-24-26-58-91(89)110)119-106-82-49-17-15-47-80(82)104(81-48-16-18-50-83(81)106)117-102-74-41-9-7-39-72(74)100(115-2)73-40-8-10-42-75(73)102/h3-66,116,118-122H,1-2H3. The summed E-state index contributed by atoms with van der Waals surface area (Å²) < 4.78 is 0. The predicted molar refractivity (Wildman–Crippen MR) is 524 cm³/mol. The molecule has 8 heteroatoms. The number of anilines is 12. The van der Waals surface area contributed by atoms with Gasteiger partial charge >= 0.3 is 0 Å². The Morgan fingerprint density at radius 1 is 0.148 bits per heavy atom. The number of aryl methyl sites for hydroxylation is 1. The summed E-state index contributed by atoms with van der Waals surface area (Å²) in [4.78, 5) is 10.6. The molecule has 6 N–H and O–H groups in total. The number of nitrogens with zero attached hydrogens (tertiary/aromatic N) is 2. The van der Waals surface area contributed by atoms with Gasteiger partial charge in [0, 0.05) is 169 Å². The number of hydrogen-bond acceptors (Lipinski definition) is 8. The summed E-state index contributed by atoms with van der Waals surface area (Å²) in [6, 6.07) is 141. The molecule has 23 aromatic carbocycles. The number of rotatable bonds is 13. The quantitative estimate of drug-likeness (QED) is 0.0509. The Hall–Kier alpha value is -16.2. The van der Waals surface area contributed by atoms with E-state index in [1.54, 1.807) is 0 Å². The molecule has 0 amide bonds. The van der Waals surface area contributed by atoms with E-state index in [1.807, 2.05) is 7.05 Å². The molecule has 572 valence electrons. The maximum absolute atomic E-state index is 5.80. The SMILES string of the molecule is CN=C1c2ccccc2C(=Nc2c3ccccc3c(Nc3c4ccccc4c(Nc4c5ccccc5c(Nc5c6ccccc6c(Nc6c7ccccc7c(Nc7c8ccccc8c(Nc8c9ccccc9c(C)c9ccccc89)c8ccccc78)c7ccccc67)c6ccccc56)c5ccccc45)c4ccccc34)c3ccccc23)c2ccccc21. The average Bonchev–Trinajstić information content (AvgIpc) is 0.725. The van der Waals surface area contributed by atoms with Crippen molar-refractivity contribution in [3.05, 3.63) is 416 Å². The van der Waals surface area contributed by atoms with Crippen molar-refractivity contribution in [2.24, 2.45) is 9.98 Å². The molecule has 8 nitrogen and oxygen atoms in total. The predicted octanol–water partition coefficient (Wildman–Crippen LogP) is 31.6. The summed E-state index contributed by atoms with van der Waals surface area (Å²) in [6.07, 6.45) is 0. The van der Waals surface area contributed by atoms with Crippen LogP contribution in [0.25, 0.3) is 151 Å². The van der Waals surface area contributed by atoms with Crippen LogP contribution in [0, 0.1) is 6.92 Å². The largest absolute Gasteiger partial charge is 0.353 e. The molecule has 0 heterocycles. The van der Waals surface area contributed by atoms with Crippen LogP contribution in [-0.4, -0.2) is 18.5 Å². The molecule has 0 radical (unpaired) electrons. The maximum atomic E-state index is 5.80. The summed E-state index contributed by atoms with van der Waals surface area (Å²) in [6.45, 7) is 2.24. The second-order valence-corrected chi connectivity index (χ2v) is 32.0. The second kappa shape index (κ2) is 28.3. The minimum atomic E-state index is 0.925. The molecule has 0 spiro atoms. The van der Waals surface area contributed by atoms with Gasteiger partial charge in [-0.15, -0.1) is 0 Å². The van der Waals surface area contributed by atoms with Crippen molar-refractivity contribution in [3.8, 4) is 0 Å². The Labute approximate surface area is 703 Å². The second-order valence-electron chi connectivity index (χ2n) is 32.0. The number of fused-ring (bicyclic) bond motifs is 16. The lowest BCUT2D eigenvalue weighted by atomic mass is 9.83. The molecule has 0 aliphatic heterocycles. The zero-order valence-corrected chi connectivity index (χ0v) is 66.8. The average molecular weight is 1560 g/mol. The van der Waals surface area contributed by atoms with Crippen LogP contribution < -0.4 is 31.9 Å². The Bertz CT molecular complexity index is 8030. The zero-order valence-electron chi connectivity index (χ0n) is 66.8. The minimum absolute atomic E-state index is 0.925. The topological polar surface area (TPSA) is 96.9 Å². The fourth-order valence-electron chi connectivity index (χ4n) is 20.1. The fourth-order valence-corrected chi connectivity index (χ4v) is 20.1. The van der Waals surface area contributed by atoms with Crippen LogP contribution in [-0.2, 0) is 0 Å². The van der Waals surface area contributed by atoms with Gasteiger partial charge < -0.3 is 31.9 Å². The van der Waals surface area contributed by atoms with Crippen molar-refractivity contribution < 1.29 is 0 Å². The van der Waals surface area contributed by atoms with Crippen molar-refractivity contribution in [2.75, 3.05) is 38.9 Å². The highest BCUT2D eigenvalue weighted by atomic mass is 15.0. The normalized spacial score (nSPS) is 12.1. The fraction of sp³-hybridized carbons (Fsp3) is 0.0175. The molecule has 122 heavy (non-hydrogen) atoms. The Kier molecular flexibility index (Phi) is 16.3. The smallest absolute Gasteiger partial charge is 0.0795 e. The summed E-state index contributed by atoms with van der Waals surface area (Å²) in [5, 5.41) is 56.4. The lowest BCUT2D eigenvalue weighted by molar-refractivity contribution is 1.37. The molecule has 0 unspecified atom stereocenters. The molecular formula is C114H76N8. The molecular weight excluding hydrogens is 1480 g/mol. The number of aliphatic imine (C=N–C) groups is 2. The molecule has 0 bridgehead atoms. The molecule has 0 saturated heterocycles. The third kappa shape index (κ3) is 10.9. The first-order valence-corrected chi connectivity index (χ1v) is 41.9. The van der Waals surface area contributed by atoms with Crippen LogP contribution in [0.1, 0.15) is 27.8 Å². The molecule has 24 rings (SSSR count). The van der Waals surface area contributed by atoms with Gasteiger partial charge in [-0.05, 0) is 23.3 Å². The van der Waals surface area contributed by atoms with Crippen LogP contribution >= 0.6 is 0 Å². The van der Waals surface area contributed by atoms with Gasteiger partial charge in [0.25, 0.3) is 0 Å². The van der Waals surface area contributed by atoms with E-state index < -0.39 is 0 Å². The van der Waals surface area contributed by atoms with Gasteiger partial charge in [-0.25, -0.2) is 4.99 Å². The Morgan fingerprint density at radius 2 is 0.270 bits per heavy atom. The Morgan fingerprint density at radius 3 is 0.434 bits per heavy atom. The Balaban J connectivity index is 0.613. The van der Waals surface area contributed by atoms with Gasteiger partial charge in [0.05, 0.1) is 85.4 Å². The van der Waals surface area contributed by atoms with Crippen molar-refractivity contribution in [2.45, 2.75) is 6.92 Å². The van der Waals surface area contributed by atoms with Crippen molar-refractivity contribution >= 4 is 236 Å². The van der Waals surface area contributed by atoms with Crippen molar-refractivity contribution in [1.29, 1.82) is 0 Å². The minimum Gasteiger partial charge on any atom is -0.353 e. The van der Waals surface area contributed by atoms with Gasteiger partial charge in [0.15, 0.2) is 0 Å². The van der Waals surface area contributed by atoms with E-state index in [0.717, 1.165) is 237 Å². The van der Waals surface area contributed by atoms with E-state index in [4.69, 9.17) is 9.98 Å². The van der Waals surface area contributed by atoms with E-state index in [2.05, 4.69) is 427 Å². The van der Waals surface area contributed by atoms with E-state index in [1.165, 1.54) is 27.1 Å². The molecule has 0 atom stereocenters. The van der Waals surface area contributed by atoms with E-state index >= 15 is 0 Å². The molecule has 0 saturated carbocycles. The number of nitrogens with one attached hydrogen (secondary N) is 6. The van der Waals surface area contributed by atoms with Crippen LogP contribution in [0.2, 0.25) is 0 Å². The summed E-state index contributed by atoms with van der Waals surface area (Å²) in [5.74, 6) is 0. The molecule has 23 aromatic rings. The first-order chi connectivity index (χ1) is 60.5. The summed E-state index contributed by atoms with van der Waals surface area (Å²) in [5.41, 5.74) is 20.9. The van der Waals surface area contributed by atoms with Gasteiger partial charge in [-0.1, -0.05) is 388 Å². The number of hydrogen-bond donors (Lipinski definition) is 6. The number of benzene rings is 23. The van der Waals surface area contributed by atoms with Gasteiger partial charge in [-0.2, -0.15) is 0 Å². The van der Waals surface area contributed by atoms with Gasteiger partial charge in [-0.3, -0.25) is 4.99 Å². The lowest BCUT2D eigenvalue weighted by Gasteiger charge is -2.25. The van der Waals surface area contributed by atoms with Gasteiger partial charge in [0.1, 0.15) is 0 Å². The van der Waals surface area contributed by atoms with Crippen molar-refractivity contribution in [1.82, 2.24) is 0 Å². The van der Waals surface area contributed by atoms with Crippen LogP contribution in [0.15, 0.2) is 398 Å². The first-order valence-electron chi connectivity index (χ1n) is 41.9. The highest BCUT2D eigenvalue weighted by Gasteiger charge is 2.30. The third-order valence-corrected chi connectivity index (χ3v) is 25.6. The molecule has 0 fully saturated rings. The molecule has 1 aliphatic carbocycles. The first kappa shape index (κ1) is 70.1. The van der Waals surface area contributed by atoms with E-state index in [9.17, 15) is 0 Å².